The van der Waals surface area contributed by atoms with Crippen molar-refractivity contribution in [2.75, 3.05) is 29.4 Å². The molecule has 0 aromatic heterocycles. The van der Waals surface area contributed by atoms with E-state index in [0.29, 0.717) is 19.8 Å². The number of benzene rings is 4. The van der Waals surface area contributed by atoms with Crippen LogP contribution in [0.1, 0.15) is 71.4 Å². The van der Waals surface area contributed by atoms with E-state index in [1.165, 1.54) is 17.2 Å². The number of hydrogen-bond acceptors (Lipinski definition) is 6. The van der Waals surface area contributed by atoms with Crippen LogP contribution in [0.15, 0.2) is 97.6 Å². The molecule has 0 amide bonds. The van der Waals surface area contributed by atoms with Crippen molar-refractivity contribution in [3.63, 3.8) is 0 Å². The first-order valence-electron chi connectivity index (χ1n) is 16.0. The van der Waals surface area contributed by atoms with Crippen molar-refractivity contribution in [3.05, 3.63) is 109 Å². The lowest BCUT2D eigenvalue weighted by Crippen LogP contribution is -2.33. The molecule has 0 unspecified atom stereocenters. The molecule has 0 heterocycles. The summed E-state index contributed by atoms with van der Waals surface area (Å²) in [4.78, 5) is 11.0. The number of unbranched alkanes of at least 4 members (excludes halogenated alkanes) is 3. The van der Waals surface area contributed by atoms with E-state index in [9.17, 15) is 4.79 Å². The molecule has 0 radical (unpaired) electrons. The van der Waals surface area contributed by atoms with Gasteiger partial charge in [-0.2, -0.15) is 0 Å². The number of hydrazine groups is 1. The fourth-order valence-corrected chi connectivity index (χ4v) is 4.99. The highest BCUT2D eigenvalue weighted by Gasteiger charge is 2.34. The minimum Gasteiger partial charge on any atom is -0.494 e. The number of carbonyl (C=O) groups excluding carboxylic acids is 1. The van der Waals surface area contributed by atoms with Gasteiger partial charge in [0, 0.05) is 29.1 Å². The van der Waals surface area contributed by atoms with Crippen LogP contribution in [0.5, 0.6) is 5.75 Å². The van der Waals surface area contributed by atoms with Gasteiger partial charge in [-0.25, -0.2) is 4.79 Å². The molecule has 238 valence electrons. The van der Waals surface area contributed by atoms with Crippen molar-refractivity contribution in [1.29, 1.82) is 0 Å². The fraction of sp³-hybridized carbons (Fsp3) is 0.359. The van der Waals surface area contributed by atoms with Crippen LogP contribution >= 0.6 is 0 Å². The monoisotopic (exact) mass is 607 g/mol. The van der Waals surface area contributed by atoms with Crippen molar-refractivity contribution in [2.45, 2.75) is 72.3 Å². The summed E-state index contributed by atoms with van der Waals surface area (Å²) in [5.74, 6) is 0.515. The van der Waals surface area contributed by atoms with E-state index in [2.05, 4.69) is 130 Å². The quantitative estimate of drug-likeness (QED) is 0.0510. The Bertz CT molecular complexity index is 1540. The molecule has 6 heteroatoms. The predicted octanol–water partition coefficient (Wildman–Crippen LogP) is 9.88. The SMILES string of the molecule is C=CC(=O)OCCCCCCOc1ccc(CNc2ccc(NNc3ccc(C(C)(C)C(C)(C)C)cc3)c3ccccc23)cc1. The topological polar surface area (TPSA) is 71.6 Å². The van der Waals surface area contributed by atoms with Crippen LogP contribution in [0.2, 0.25) is 0 Å². The number of nitrogens with one attached hydrogen (secondary N) is 3. The Morgan fingerprint density at radius 3 is 2.00 bits per heavy atom. The largest absolute Gasteiger partial charge is 0.494 e. The van der Waals surface area contributed by atoms with Gasteiger partial charge in [0.25, 0.3) is 0 Å². The highest BCUT2D eigenvalue weighted by molar-refractivity contribution is 6.02. The molecule has 0 saturated heterocycles. The molecular formula is C39H49N3O3. The number of hydrogen-bond donors (Lipinski definition) is 3. The van der Waals surface area contributed by atoms with Gasteiger partial charge in [-0.3, -0.25) is 0 Å². The molecule has 4 aromatic rings. The number of ether oxygens (including phenoxy) is 2. The molecule has 3 N–H and O–H groups in total. The summed E-state index contributed by atoms with van der Waals surface area (Å²) in [5.41, 5.74) is 12.7. The maximum Gasteiger partial charge on any atom is 0.330 e. The van der Waals surface area contributed by atoms with Gasteiger partial charge in [0.05, 0.1) is 24.6 Å². The Balaban J connectivity index is 1.27. The van der Waals surface area contributed by atoms with Crippen LogP contribution in [0.3, 0.4) is 0 Å². The lowest BCUT2D eigenvalue weighted by Gasteiger charge is -2.39. The maximum atomic E-state index is 11.0. The number of fused-ring (bicyclic) bond motifs is 1. The van der Waals surface area contributed by atoms with Crippen LogP contribution in [-0.4, -0.2) is 19.2 Å². The van der Waals surface area contributed by atoms with Crippen molar-refractivity contribution in [1.82, 2.24) is 0 Å². The number of anilines is 3. The van der Waals surface area contributed by atoms with Gasteiger partial charge in [0.1, 0.15) is 5.75 Å². The summed E-state index contributed by atoms with van der Waals surface area (Å²) in [6.07, 6.45) is 5.06. The number of esters is 1. The molecule has 0 aliphatic heterocycles. The second-order valence-electron chi connectivity index (χ2n) is 13.0. The van der Waals surface area contributed by atoms with Crippen LogP contribution in [-0.2, 0) is 21.5 Å². The van der Waals surface area contributed by atoms with E-state index in [-0.39, 0.29) is 16.8 Å². The molecule has 4 rings (SSSR count). The van der Waals surface area contributed by atoms with Crippen LogP contribution in [0, 0.1) is 5.41 Å². The maximum absolute atomic E-state index is 11.0. The minimum atomic E-state index is -0.359. The van der Waals surface area contributed by atoms with E-state index in [0.717, 1.165) is 59.3 Å². The van der Waals surface area contributed by atoms with Gasteiger partial charge in [-0.1, -0.05) is 89.7 Å². The molecule has 0 saturated carbocycles. The van der Waals surface area contributed by atoms with E-state index in [1.807, 2.05) is 12.1 Å². The third-order valence-electron chi connectivity index (χ3n) is 8.87. The molecule has 0 atom stereocenters. The third-order valence-corrected chi connectivity index (χ3v) is 8.87. The highest BCUT2D eigenvalue weighted by Crippen LogP contribution is 2.41. The zero-order valence-electron chi connectivity index (χ0n) is 27.5. The van der Waals surface area contributed by atoms with Gasteiger partial charge in [0.2, 0.25) is 0 Å². The number of rotatable bonds is 16. The second kappa shape index (κ2) is 15.5. The standard InChI is InChI=1S/C39H49N3O3/c1-7-37(43)45-27-13-9-8-12-26-44-32-22-16-29(17-23-32)28-40-35-24-25-36(34-15-11-10-14-33(34)35)42-41-31-20-18-30(19-21-31)39(5,6)38(2,3)4/h7,10-11,14-25,40-42H,1,8-9,12-13,26-28H2,2-6H3. The molecular weight excluding hydrogens is 558 g/mol. The van der Waals surface area contributed by atoms with Crippen LogP contribution in [0.25, 0.3) is 10.8 Å². The summed E-state index contributed by atoms with van der Waals surface area (Å²) in [5, 5.41) is 5.92. The molecule has 45 heavy (non-hydrogen) atoms. The molecule has 0 aliphatic rings. The Morgan fingerprint density at radius 2 is 1.36 bits per heavy atom. The lowest BCUT2D eigenvalue weighted by molar-refractivity contribution is -0.137. The highest BCUT2D eigenvalue weighted by atomic mass is 16.5. The zero-order valence-corrected chi connectivity index (χ0v) is 27.5. The van der Waals surface area contributed by atoms with E-state index < -0.39 is 0 Å². The van der Waals surface area contributed by atoms with E-state index in [4.69, 9.17) is 9.47 Å². The number of carbonyl (C=O) groups is 1. The Hall–Kier alpha value is -4.45. The first-order valence-corrected chi connectivity index (χ1v) is 16.0. The van der Waals surface area contributed by atoms with Gasteiger partial charge < -0.3 is 25.6 Å². The van der Waals surface area contributed by atoms with Gasteiger partial charge in [0.15, 0.2) is 0 Å². The normalized spacial score (nSPS) is 11.6. The lowest BCUT2D eigenvalue weighted by atomic mass is 9.65. The molecule has 6 nitrogen and oxygen atoms in total. The Morgan fingerprint density at radius 1 is 0.733 bits per heavy atom. The van der Waals surface area contributed by atoms with Gasteiger partial charge >= 0.3 is 5.97 Å². The summed E-state index contributed by atoms with van der Waals surface area (Å²) in [6.45, 7) is 16.7. The van der Waals surface area contributed by atoms with Crippen molar-refractivity contribution >= 4 is 33.8 Å². The van der Waals surface area contributed by atoms with Crippen LogP contribution < -0.4 is 20.9 Å². The third kappa shape index (κ3) is 9.27. The first-order chi connectivity index (χ1) is 21.6. The molecule has 0 fully saturated rings. The summed E-state index contributed by atoms with van der Waals surface area (Å²) in [7, 11) is 0. The first kappa shape index (κ1) is 33.4. The summed E-state index contributed by atoms with van der Waals surface area (Å²) in [6, 6.07) is 29.6. The van der Waals surface area contributed by atoms with Gasteiger partial charge in [-0.05, 0) is 84.0 Å². The minimum absolute atomic E-state index is 0.0705. The molecule has 0 aliphatic carbocycles. The van der Waals surface area contributed by atoms with Crippen molar-refractivity contribution in [2.24, 2.45) is 5.41 Å². The fourth-order valence-electron chi connectivity index (χ4n) is 4.99. The van der Waals surface area contributed by atoms with Gasteiger partial charge in [-0.15, -0.1) is 0 Å². The average molecular weight is 608 g/mol. The Kier molecular flexibility index (Phi) is 11.5. The Labute approximate surface area is 269 Å². The average Bonchev–Trinajstić information content (AvgIpc) is 3.04. The zero-order chi connectivity index (χ0) is 32.3. The van der Waals surface area contributed by atoms with Crippen LogP contribution in [0.4, 0.5) is 17.1 Å². The van der Waals surface area contributed by atoms with E-state index >= 15 is 0 Å². The van der Waals surface area contributed by atoms with E-state index in [1.54, 1.807) is 0 Å². The molecule has 0 spiro atoms. The summed E-state index contributed by atoms with van der Waals surface area (Å²) >= 11 is 0. The molecule has 4 aromatic carbocycles. The predicted molar refractivity (Wildman–Crippen MR) is 189 cm³/mol. The smallest absolute Gasteiger partial charge is 0.330 e. The molecule has 0 bridgehead atoms. The van der Waals surface area contributed by atoms with Crippen molar-refractivity contribution in [3.8, 4) is 5.75 Å². The summed E-state index contributed by atoms with van der Waals surface area (Å²) < 4.78 is 10.9. The van der Waals surface area contributed by atoms with Crippen molar-refractivity contribution < 1.29 is 14.3 Å². The second-order valence-corrected chi connectivity index (χ2v) is 13.0.